The summed E-state index contributed by atoms with van der Waals surface area (Å²) in [4.78, 5) is 11.3. The molecule has 3 aromatic carbocycles. The molecule has 7 heteroatoms. The van der Waals surface area contributed by atoms with Crippen molar-refractivity contribution in [3.05, 3.63) is 106 Å². The van der Waals surface area contributed by atoms with Gasteiger partial charge in [0.25, 0.3) is 0 Å². The second-order valence-electron chi connectivity index (χ2n) is 6.96. The Hall–Kier alpha value is -3.61. The molecule has 0 amide bonds. The molecule has 0 aliphatic heterocycles. The zero-order valence-corrected chi connectivity index (χ0v) is 16.4. The summed E-state index contributed by atoms with van der Waals surface area (Å²) in [6, 6.07) is 14.3. The predicted molar refractivity (Wildman–Crippen MR) is 113 cm³/mol. The van der Waals surface area contributed by atoms with Crippen LogP contribution in [0, 0.1) is 0 Å². The van der Waals surface area contributed by atoms with Crippen molar-refractivity contribution in [2.75, 3.05) is 0 Å². The zero-order chi connectivity index (χ0) is 23.4. The van der Waals surface area contributed by atoms with E-state index in [4.69, 9.17) is 0 Å². The first-order valence-electron chi connectivity index (χ1n) is 9.35. The Morgan fingerprint density at radius 3 is 1.09 bits per heavy atom. The zero-order valence-electron chi connectivity index (χ0n) is 16.4. The molecule has 0 spiro atoms. The van der Waals surface area contributed by atoms with Gasteiger partial charge in [-0.25, -0.2) is 0 Å². The maximum atomic E-state index is 12.7. The van der Waals surface area contributed by atoms with Crippen LogP contribution in [0.3, 0.4) is 0 Å². The van der Waals surface area contributed by atoms with E-state index < -0.39 is 23.5 Å². The number of hydrogen-bond acceptors (Lipinski definition) is 1. The van der Waals surface area contributed by atoms with E-state index in [2.05, 4.69) is 0 Å². The fraction of sp³-hybridized carbons (Fsp3) is 0.0800. The number of aldehydes is 1. The number of alkyl halides is 6. The monoisotopic (exact) mass is 446 g/mol. The minimum Gasteiger partial charge on any atom is -0.298 e. The van der Waals surface area contributed by atoms with Crippen LogP contribution in [0.1, 0.15) is 43.7 Å². The van der Waals surface area contributed by atoms with Gasteiger partial charge in [0.15, 0.2) is 0 Å². The van der Waals surface area contributed by atoms with Crippen LogP contribution in [0.25, 0.3) is 24.3 Å². The first-order chi connectivity index (χ1) is 15.0. The molecule has 0 bridgehead atoms. The van der Waals surface area contributed by atoms with Crippen molar-refractivity contribution < 1.29 is 31.1 Å². The number of rotatable bonds is 5. The molecule has 0 N–H and O–H groups in total. The Morgan fingerprint density at radius 1 is 0.469 bits per heavy atom. The first kappa shape index (κ1) is 23.1. The number of halogens is 6. The topological polar surface area (TPSA) is 17.1 Å². The number of carbonyl (C=O) groups is 1. The Labute approximate surface area is 180 Å². The van der Waals surface area contributed by atoms with Crippen LogP contribution in [-0.4, -0.2) is 6.29 Å². The molecule has 0 saturated carbocycles. The van der Waals surface area contributed by atoms with E-state index in [1.807, 2.05) is 0 Å². The van der Waals surface area contributed by atoms with E-state index >= 15 is 0 Å². The highest BCUT2D eigenvalue weighted by molar-refractivity contribution is 5.82. The summed E-state index contributed by atoms with van der Waals surface area (Å²) < 4.78 is 75.9. The molecule has 32 heavy (non-hydrogen) atoms. The Kier molecular flexibility index (Phi) is 6.67. The molecule has 0 atom stereocenters. The molecule has 0 heterocycles. The lowest BCUT2D eigenvalue weighted by Crippen LogP contribution is -2.03. The van der Waals surface area contributed by atoms with Crippen LogP contribution >= 0.6 is 0 Å². The highest BCUT2D eigenvalue weighted by atomic mass is 19.4. The van der Waals surface area contributed by atoms with E-state index in [9.17, 15) is 31.1 Å². The summed E-state index contributed by atoms with van der Waals surface area (Å²) in [5, 5.41) is 0. The summed E-state index contributed by atoms with van der Waals surface area (Å²) >= 11 is 0. The van der Waals surface area contributed by atoms with Gasteiger partial charge in [0.1, 0.15) is 6.29 Å². The highest BCUT2D eigenvalue weighted by Gasteiger charge is 2.30. The molecule has 1 nitrogen and oxygen atoms in total. The summed E-state index contributed by atoms with van der Waals surface area (Å²) in [6.07, 6.45) is -1.61. The lowest BCUT2D eigenvalue weighted by Gasteiger charge is -2.06. The van der Waals surface area contributed by atoms with Gasteiger partial charge >= 0.3 is 12.4 Å². The van der Waals surface area contributed by atoms with Gasteiger partial charge in [-0.2, -0.15) is 26.3 Å². The molecular weight excluding hydrogens is 430 g/mol. The number of benzene rings is 3. The van der Waals surface area contributed by atoms with Crippen molar-refractivity contribution in [1.82, 2.24) is 0 Å². The van der Waals surface area contributed by atoms with Gasteiger partial charge in [-0.3, -0.25) is 4.79 Å². The highest BCUT2D eigenvalue weighted by Crippen LogP contribution is 2.30. The molecule has 164 valence electrons. The molecule has 0 saturated heterocycles. The third-order valence-electron chi connectivity index (χ3n) is 4.55. The van der Waals surface area contributed by atoms with Gasteiger partial charge < -0.3 is 0 Å². The van der Waals surface area contributed by atoms with Crippen LogP contribution in [0.2, 0.25) is 0 Å². The molecule has 0 aliphatic carbocycles. The van der Waals surface area contributed by atoms with Crippen molar-refractivity contribution in [3.8, 4) is 0 Å². The van der Waals surface area contributed by atoms with Crippen LogP contribution < -0.4 is 0 Å². The van der Waals surface area contributed by atoms with Crippen LogP contribution in [0.4, 0.5) is 26.3 Å². The third-order valence-corrected chi connectivity index (χ3v) is 4.55. The Balaban J connectivity index is 1.80. The molecule has 3 aromatic rings. The molecular formula is C25H16F6O. The van der Waals surface area contributed by atoms with Gasteiger partial charge in [-0.05, 0) is 64.7 Å². The summed E-state index contributed by atoms with van der Waals surface area (Å²) in [6.45, 7) is 0. The second-order valence-corrected chi connectivity index (χ2v) is 6.96. The van der Waals surface area contributed by atoms with E-state index in [0.717, 1.165) is 24.3 Å². The molecule has 0 fully saturated rings. The number of hydrogen-bond donors (Lipinski definition) is 0. The SMILES string of the molecule is O=Cc1cc(/C=C/c2ccc(C(F)(F)F)cc2)cc(/C=C/c2ccc(C(F)(F)F)cc2)c1. The molecule has 0 radical (unpaired) electrons. The quantitative estimate of drug-likeness (QED) is 0.221. The second kappa shape index (κ2) is 9.26. The molecule has 0 aromatic heterocycles. The van der Waals surface area contributed by atoms with E-state index in [0.29, 0.717) is 34.1 Å². The average molecular weight is 446 g/mol. The van der Waals surface area contributed by atoms with E-state index in [1.165, 1.54) is 24.3 Å². The lowest BCUT2D eigenvalue weighted by atomic mass is 10.0. The summed E-state index contributed by atoms with van der Waals surface area (Å²) in [5.41, 5.74) is 1.28. The van der Waals surface area contributed by atoms with Gasteiger partial charge in [-0.15, -0.1) is 0 Å². The van der Waals surface area contributed by atoms with Crippen LogP contribution in [-0.2, 0) is 12.4 Å². The van der Waals surface area contributed by atoms with Crippen molar-refractivity contribution in [3.63, 3.8) is 0 Å². The predicted octanol–water partition coefficient (Wildman–Crippen LogP) is 7.88. The smallest absolute Gasteiger partial charge is 0.298 e. The van der Waals surface area contributed by atoms with E-state index in [1.54, 1.807) is 42.5 Å². The fourth-order valence-electron chi connectivity index (χ4n) is 2.91. The van der Waals surface area contributed by atoms with Gasteiger partial charge in [0.05, 0.1) is 11.1 Å². The van der Waals surface area contributed by atoms with E-state index in [-0.39, 0.29) is 0 Å². The largest absolute Gasteiger partial charge is 0.416 e. The molecule has 0 unspecified atom stereocenters. The lowest BCUT2D eigenvalue weighted by molar-refractivity contribution is -0.138. The van der Waals surface area contributed by atoms with Crippen LogP contribution in [0.5, 0.6) is 0 Å². The van der Waals surface area contributed by atoms with Crippen molar-refractivity contribution in [2.24, 2.45) is 0 Å². The number of carbonyl (C=O) groups excluding carboxylic acids is 1. The van der Waals surface area contributed by atoms with Gasteiger partial charge in [-0.1, -0.05) is 48.6 Å². The molecule has 3 rings (SSSR count). The molecule has 0 aliphatic rings. The Morgan fingerprint density at radius 2 is 0.781 bits per heavy atom. The van der Waals surface area contributed by atoms with Gasteiger partial charge in [0, 0.05) is 5.56 Å². The average Bonchev–Trinajstić information content (AvgIpc) is 2.75. The standard InChI is InChI=1S/C25H16F6O/c26-24(27,28)22-9-5-17(6-10-22)1-3-19-13-20(15-21(14-19)16-32)4-2-18-7-11-23(12-8-18)25(29,30)31/h1-16H/b3-1+,4-2+. The van der Waals surface area contributed by atoms with Crippen molar-refractivity contribution >= 4 is 30.6 Å². The fourth-order valence-corrected chi connectivity index (χ4v) is 2.91. The van der Waals surface area contributed by atoms with Crippen molar-refractivity contribution in [2.45, 2.75) is 12.4 Å². The summed E-state index contributed by atoms with van der Waals surface area (Å²) in [7, 11) is 0. The Bertz CT molecular complexity index is 1050. The van der Waals surface area contributed by atoms with Crippen LogP contribution in [0.15, 0.2) is 66.7 Å². The maximum absolute atomic E-state index is 12.7. The maximum Gasteiger partial charge on any atom is 0.416 e. The first-order valence-corrected chi connectivity index (χ1v) is 9.35. The minimum absolute atomic E-state index is 0.381. The normalized spacial score (nSPS) is 12.6. The van der Waals surface area contributed by atoms with Crippen molar-refractivity contribution in [1.29, 1.82) is 0 Å². The minimum atomic E-state index is -4.41. The summed E-state index contributed by atoms with van der Waals surface area (Å²) in [5.74, 6) is 0. The van der Waals surface area contributed by atoms with Gasteiger partial charge in [0.2, 0.25) is 0 Å². The third kappa shape index (κ3) is 6.20.